The van der Waals surface area contributed by atoms with E-state index in [1.54, 1.807) is 12.1 Å². The van der Waals surface area contributed by atoms with E-state index >= 15 is 0 Å². The quantitative estimate of drug-likeness (QED) is 0.201. The van der Waals surface area contributed by atoms with Gasteiger partial charge in [-0.25, -0.2) is 15.0 Å². The number of fused-ring (bicyclic) bond motifs is 9. The third-order valence-electron chi connectivity index (χ3n) is 9.04. The Labute approximate surface area is 271 Å². The van der Waals surface area contributed by atoms with Crippen molar-refractivity contribution in [1.82, 2.24) is 15.0 Å². The van der Waals surface area contributed by atoms with Gasteiger partial charge in [-0.1, -0.05) is 115 Å². The van der Waals surface area contributed by atoms with Crippen molar-refractivity contribution in [2.75, 3.05) is 0 Å². The van der Waals surface area contributed by atoms with Gasteiger partial charge in [0.1, 0.15) is 0 Å². The van der Waals surface area contributed by atoms with Gasteiger partial charge in [0.05, 0.1) is 17.0 Å². The lowest BCUT2D eigenvalue weighted by Gasteiger charge is -2.39. The molecule has 1 aliphatic heterocycles. The lowest BCUT2D eigenvalue weighted by molar-refractivity contribution is 0.722. The maximum Gasteiger partial charge on any atom is 0.164 e. The number of aromatic nitrogens is 3. The van der Waals surface area contributed by atoms with Gasteiger partial charge in [0.2, 0.25) is 0 Å². The molecule has 6 aromatic carbocycles. The van der Waals surface area contributed by atoms with Crippen LogP contribution in [0.2, 0.25) is 0 Å². The van der Waals surface area contributed by atoms with Gasteiger partial charge in [0, 0.05) is 26.5 Å². The molecule has 0 bridgehead atoms. The highest BCUT2D eigenvalue weighted by Crippen LogP contribution is 2.62. The van der Waals surface area contributed by atoms with Crippen molar-refractivity contribution in [3.63, 3.8) is 0 Å². The molecule has 46 heavy (non-hydrogen) atoms. The second-order valence-electron chi connectivity index (χ2n) is 11.5. The Balaban J connectivity index is 1.31. The van der Waals surface area contributed by atoms with Crippen LogP contribution in [0.25, 0.3) is 45.3 Å². The average molecular weight is 605 g/mol. The Bertz CT molecular complexity index is 2310. The Hall–Kier alpha value is -5.83. The Morgan fingerprint density at radius 3 is 1.61 bits per heavy atom. The fourth-order valence-electron chi connectivity index (χ4n) is 7.04. The summed E-state index contributed by atoms with van der Waals surface area (Å²) in [6, 6.07) is 52.7. The molecule has 2 heterocycles. The molecule has 2 aliphatic rings. The number of nitriles is 1. The minimum atomic E-state index is -0.481. The molecule has 0 unspecified atom stereocenters. The normalized spacial score (nSPS) is 13.3. The van der Waals surface area contributed by atoms with Gasteiger partial charge in [-0.05, 0) is 75.8 Å². The highest BCUT2D eigenvalue weighted by molar-refractivity contribution is 7.99. The SMILES string of the molecule is N#Cc1ccc(-c2nc(-c3ccccc3)nc(-c3ccc4c(c3)C3(c5ccccc5Sc5ccccc53)c3ccccc3-4)n2)cc1. The molecule has 0 N–H and O–H groups in total. The summed E-state index contributed by atoms with van der Waals surface area (Å²) in [5.74, 6) is 1.78. The summed E-state index contributed by atoms with van der Waals surface area (Å²) in [7, 11) is 0. The van der Waals surface area contributed by atoms with Gasteiger partial charge in [-0.15, -0.1) is 0 Å². The molecule has 0 saturated heterocycles. The van der Waals surface area contributed by atoms with Crippen molar-refractivity contribution >= 4 is 11.8 Å². The number of rotatable bonds is 3. The van der Waals surface area contributed by atoms with Crippen LogP contribution in [0.1, 0.15) is 27.8 Å². The van der Waals surface area contributed by atoms with E-state index in [0.717, 1.165) is 16.7 Å². The highest BCUT2D eigenvalue weighted by atomic mass is 32.2. The first-order valence-corrected chi connectivity index (χ1v) is 16.0. The monoisotopic (exact) mass is 604 g/mol. The first-order chi connectivity index (χ1) is 22.7. The van der Waals surface area contributed by atoms with E-state index in [9.17, 15) is 5.26 Å². The maximum atomic E-state index is 9.36. The van der Waals surface area contributed by atoms with Crippen LogP contribution in [-0.4, -0.2) is 15.0 Å². The Kier molecular flexibility index (Phi) is 5.99. The van der Waals surface area contributed by atoms with Crippen LogP contribution < -0.4 is 0 Å². The van der Waals surface area contributed by atoms with Crippen molar-refractivity contribution in [2.24, 2.45) is 0 Å². The molecule has 7 aromatic rings. The van der Waals surface area contributed by atoms with Crippen molar-refractivity contribution in [1.29, 1.82) is 5.26 Å². The van der Waals surface area contributed by atoms with E-state index in [0.29, 0.717) is 23.0 Å². The van der Waals surface area contributed by atoms with Crippen LogP contribution in [0.4, 0.5) is 0 Å². The minimum absolute atomic E-state index is 0.481. The lowest BCUT2D eigenvalue weighted by Crippen LogP contribution is -2.31. The Morgan fingerprint density at radius 2 is 0.957 bits per heavy atom. The minimum Gasteiger partial charge on any atom is -0.208 e. The van der Waals surface area contributed by atoms with Crippen LogP contribution in [0.3, 0.4) is 0 Å². The summed E-state index contributed by atoms with van der Waals surface area (Å²) in [6.07, 6.45) is 0. The topological polar surface area (TPSA) is 62.5 Å². The van der Waals surface area contributed by atoms with E-state index < -0.39 is 5.41 Å². The summed E-state index contributed by atoms with van der Waals surface area (Å²) >= 11 is 1.84. The van der Waals surface area contributed by atoms with E-state index in [2.05, 4.69) is 97.1 Å². The molecule has 0 atom stereocenters. The molecular formula is C41H24N4S. The van der Waals surface area contributed by atoms with Gasteiger partial charge in [-0.3, -0.25) is 0 Å². The smallest absolute Gasteiger partial charge is 0.164 e. The molecule has 1 aromatic heterocycles. The van der Waals surface area contributed by atoms with Crippen LogP contribution in [0, 0.1) is 11.3 Å². The van der Waals surface area contributed by atoms with Crippen LogP contribution in [0.15, 0.2) is 155 Å². The van der Waals surface area contributed by atoms with Crippen molar-refractivity contribution < 1.29 is 0 Å². The predicted molar refractivity (Wildman–Crippen MR) is 182 cm³/mol. The largest absolute Gasteiger partial charge is 0.208 e. The summed E-state index contributed by atoms with van der Waals surface area (Å²) in [5, 5.41) is 9.36. The molecule has 1 aliphatic carbocycles. The number of benzene rings is 6. The van der Waals surface area contributed by atoms with Gasteiger partial charge >= 0.3 is 0 Å². The van der Waals surface area contributed by atoms with Crippen molar-refractivity contribution in [2.45, 2.75) is 15.2 Å². The molecule has 5 heteroatoms. The second-order valence-corrected chi connectivity index (χ2v) is 12.6. The molecule has 214 valence electrons. The summed E-state index contributed by atoms with van der Waals surface area (Å²) < 4.78 is 0. The fraction of sp³-hybridized carbons (Fsp3) is 0.0244. The zero-order valence-electron chi connectivity index (χ0n) is 24.6. The van der Waals surface area contributed by atoms with Crippen LogP contribution in [-0.2, 0) is 5.41 Å². The summed E-state index contributed by atoms with van der Waals surface area (Å²) in [6.45, 7) is 0. The summed E-state index contributed by atoms with van der Waals surface area (Å²) in [5.41, 5.74) is 10.4. The highest BCUT2D eigenvalue weighted by Gasteiger charge is 2.50. The third kappa shape index (κ3) is 3.91. The first-order valence-electron chi connectivity index (χ1n) is 15.2. The fourth-order valence-corrected chi connectivity index (χ4v) is 8.23. The number of hydrogen-bond donors (Lipinski definition) is 0. The van der Waals surface area contributed by atoms with Gasteiger partial charge < -0.3 is 0 Å². The molecule has 1 spiro atoms. The predicted octanol–water partition coefficient (Wildman–Crippen LogP) is 9.57. The number of hydrogen-bond acceptors (Lipinski definition) is 5. The van der Waals surface area contributed by atoms with E-state index in [-0.39, 0.29) is 0 Å². The summed E-state index contributed by atoms with van der Waals surface area (Å²) in [4.78, 5) is 17.5. The third-order valence-corrected chi connectivity index (χ3v) is 10.2. The molecule has 0 amide bonds. The zero-order chi connectivity index (χ0) is 30.7. The molecule has 4 nitrogen and oxygen atoms in total. The first kappa shape index (κ1) is 26.6. The number of nitrogens with zero attached hydrogens (tertiary/aromatic N) is 4. The van der Waals surface area contributed by atoms with E-state index in [4.69, 9.17) is 15.0 Å². The van der Waals surface area contributed by atoms with E-state index in [1.165, 1.54) is 43.2 Å². The molecule has 0 fully saturated rings. The van der Waals surface area contributed by atoms with Gasteiger partial charge in [-0.2, -0.15) is 5.26 Å². The van der Waals surface area contributed by atoms with E-state index in [1.807, 2.05) is 54.2 Å². The average Bonchev–Trinajstić information content (AvgIpc) is 3.42. The van der Waals surface area contributed by atoms with Crippen LogP contribution >= 0.6 is 11.8 Å². The zero-order valence-corrected chi connectivity index (χ0v) is 25.4. The van der Waals surface area contributed by atoms with Crippen LogP contribution in [0.5, 0.6) is 0 Å². The Morgan fingerprint density at radius 1 is 0.457 bits per heavy atom. The molecule has 0 radical (unpaired) electrons. The van der Waals surface area contributed by atoms with Gasteiger partial charge in [0.25, 0.3) is 0 Å². The maximum absolute atomic E-state index is 9.36. The van der Waals surface area contributed by atoms with Gasteiger partial charge in [0.15, 0.2) is 17.5 Å². The lowest BCUT2D eigenvalue weighted by atomic mass is 9.67. The molecule has 9 rings (SSSR count). The van der Waals surface area contributed by atoms with Crippen molar-refractivity contribution in [3.8, 4) is 51.4 Å². The second kappa shape index (κ2) is 10.4. The molecular weight excluding hydrogens is 581 g/mol. The molecule has 0 saturated carbocycles. The van der Waals surface area contributed by atoms with Crippen molar-refractivity contribution in [3.05, 3.63) is 173 Å². The standard InChI is InChI=1S/C41H24N4S/c42-25-26-18-20-28(21-19-26)39-43-38(27-10-2-1-3-11-27)44-40(45-39)29-22-23-31-30-12-4-5-13-32(30)41(35(31)24-29)33-14-6-8-16-36(33)46-37-17-9-7-15-34(37)41/h1-24H.